The highest BCUT2D eigenvalue weighted by Crippen LogP contribution is 2.26. The van der Waals surface area contributed by atoms with Gasteiger partial charge < -0.3 is 9.80 Å². The minimum absolute atomic E-state index is 0.0679. The molecule has 1 unspecified atom stereocenters. The van der Waals surface area contributed by atoms with Gasteiger partial charge in [-0.25, -0.2) is 0 Å². The smallest absolute Gasteiger partial charge is 0.285 e. The Morgan fingerprint density at radius 3 is 1.78 bits per heavy atom. The number of aryl methyl sites for hydroxylation is 1. The van der Waals surface area contributed by atoms with Crippen LogP contribution in [0.4, 0.5) is 0 Å². The molecular weight excluding hydrogens is 478 g/mol. The average Bonchev–Trinajstić information content (AvgIpc) is 3.20. The maximum absolute atomic E-state index is 13.5. The third-order valence-electron chi connectivity index (χ3n) is 6.66. The summed E-state index contributed by atoms with van der Waals surface area (Å²) in [5.41, 5.74) is 4.45. The van der Waals surface area contributed by atoms with Gasteiger partial charge in [-0.15, -0.1) is 4.40 Å². The maximum Gasteiger partial charge on any atom is 0.285 e. The standard InChI is InChI=1S/C31H31N3O2S/c1-25-17-19-30(20-18-25)37(35,36)32-31-33(22-27-13-7-3-8-14-27)24-29(21-26-11-5-2-6-12-26)34(31)23-28-15-9-4-10-16-28/h2-20,29H,21-24H2,1H3/b32-31+. The fourth-order valence-electron chi connectivity index (χ4n) is 4.74. The summed E-state index contributed by atoms with van der Waals surface area (Å²) in [7, 11) is -3.90. The van der Waals surface area contributed by atoms with Gasteiger partial charge in [0.1, 0.15) is 0 Å². The summed E-state index contributed by atoms with van der Waals surface area (Å²) >= 11 is 0. The van der Waals surface area contributed by atoms with Crippen LogP contribution < -0.4 is 0 Å². The number of hydrogen-bond acceptors (Lipinski definition) is 2. The summed E-state index contributed by atoms with van der Waals surface area (Å²) in [5.74, 6) is 0.495. The Morgan fingerprint density at radius 1 is 0.703 bits per heavy atom. The van der Waals surface area contributed by atoms with Crippen LogP contribution in [0.15, 0.2) is 125 Å². The van der Waals surface area contributed by atoms with E-state index in [1.165, 1.54) is 5.56 Å². The quantitative estimate of drug-likeness (QED) is 0.307. The minimum Gasteiger partial charge on any atom is -0.335 e. The summed E-state index contributed by atoms with van der Waals surface area (Å²) in [6, 6.07) is 37.6. The molecule has 1 fully saturated rings. The first-order chi connectivity index (χ1) is 18.0. The first-order valence-electron chi connectivity index (χ1n) is 12.5. The summed E-state index contributed by atoms with van der Waals surface area (Å²) in [4.78, 5) is 4.48. The van der Waals surface area contributed by atoms with Crippen LogP contribution in [0.25, 0.3) is 0 Å². The number of benzene rings is 4. The van der Waals surface area contributed by atoms with E-state index < -0.39 is 10.0 Å². The zero-order valence-corrected chi connectivity index (χ0v) is 21.8. The van der Waals surface area contributed by atoms with Crippen molar-refractivity contribution in [3.63, 3.8) is 0 Å². The van der Waals surface area contributed by atoms with Crippen molar-refractivity contribution in [2.24, 2.45) is 4.40 Å². The third kappa shape index (κ3) is 6.09. The molecule has 5 rings (SSSR count). The molecule has 5 nitrogen and oxygen atoms in total. The summed E-state index contributed by atoms with van der Waals surface area (Å²) in [6.45, 7) is 3.78. The average molecular weight is 510 g/mol. The maximum atomic E-state index is 13.5. The Labute approximate surface area is 219 Å². The minimum atomic E-state index is -3.90. The normalized spacial score (nSPS) is 16.9. The highest BCUT2D eigenvalue weighted by molar-refractivity contribution is 7.90. The summed E-state index contributed by atoms with van der Waals surface area (Å²) in [6.07, 6.45) is 0.794. The van der Waals surface area contributed by atoms with Crippen molar-refractivity contribution in [1.29, 1.82) is 0 Å². The van der Waals surface area contributed by atoms with Crippen LogP contribution in [0.3, 0.4) is 0 Å². The number of nitrogens with zero attached hydrogens (tertiary/aromatic N) is 3. The number of rotatable bonds is 8. The molecule has 1 atom stereocenters. The summed E-state index contributed by atoms with van der Waals surface area (Å²) in [5, 5.41) is 0. The van der Waals surface area contributed by atoms with E-state index in [4.69, 9.17) is 0 Å². The molecule has 4 aromatic rings. The fraction of sp³-hybridized carbons (Fsp3) is 0.194. The van der Waals surface area contributed by atoms with Crippen molar-refractivity contribution in [2.45, 2.75) is 37.4 Å². The van der Waals surface area contributed by atoms with Gasteiger partial charge >= 0.3 is 0 Å². The second kappa shape index (κ2) is 11.0. The molecule has 6 heteroatoms. The molecule has 1 aliphatic heterocycles. The first kappa shape index (κ1) is 24.8. The molecule has 1 saturated heterocycles. The van der Waals surface area contributed by atoms with Crippen LogP contribution >= 0.6 is 0 Å². The zero-order valence-electron chi connectivity index (χ0n) is 20.9. The molecular formula is C31H31N3O2S. The Hall–Kier alpha value is -3.90. The third-order valence-corrected chi connectivity index (χ3v) is 7.93. The molecule has 1 aliphatic rings. The molecule has 0 saturated carbocycles. The molecule has 0 bridgehead atoms. The monoisotopic (exact) mass is 509 g/mol. The molecule has 0 N–H and O–H groups in total. The second-order valence-corrected chi connectivity index (χ2v) is 11.1. The van der Waals surface area contributed by atoms with Gasteiger partial charge in [-0.05, 0) is 42.2 Å². The predicted molar refractivity (Wildman–Crippen MR) is 149 cm³/mol. The van der Waals surface area contributed by atoms with E-state index in [-0.39, 0.29) is 10.9 Å². The topological polar surface area (TPSA) is 53.0 Å². The SMILES string of the molecule is Cc1ccc(S(=O)(=O)/N=C2\N(Cc3ccccc3)CC(Cc3ccccc3)N2Cc2ccccc2)cc1. The van der Waals surface area contributed by atoms with Gasteiger partial charge in [0, 0.05) is 19.6 Å². The number of sulfonamides is 1. The summed E-state index contributed by atoms with van der Waals surface area (Å²) < 4.78 is 31.5. The van der Waals surface area contributed by atoms with Crippen LogP contribution in [0.5, 0.6) is 0 Å². The lowest BCUT2D eigenvalue weighted by atomic mass is 10.0. The molecule has 4 aromatic carbocycles. The van der Waals surface area contributed by atoms with Crippen molar-refractivity contribution in [2.75, 3.05) is 6.54 Å². The molecule has 1 heterocycles. The van der Waals surface area contributed by atoms with Crippen LogP contribution in [0.1, 0.15) is 22.3 Å². The molecule has 0 aromatic heterocycles. The first-order valence-corrected chi connectivity index (χ1v) is 14.0. The van der Waals surface area contributed by atoms with Crippen molar-refractivity contribution < 1.29 is 8.42 Å². The predicted octanol–water partition coefficient (Wildman–Crippen LogP) is 5.67. The second-order valence-electron chi connectivity index (χ2n) is 9.50. The lowest BCUT2D eigenvalue weighted by molar-refractivity contribution is 0.332. The lowest BCUT2D eigenvalue weighted by Gasteiger charge is -2.26. The lowest BCUT2D eigenvalue weighted by Crippen LogP contribution is -2.37. The highest BCUT2D eigenvalue weighted by atomic mass is 32.2. The van der Waals surface area contributed by atoms with E-state index in [0.717, 1.165) is 23.1 Å². The van der Waals surface area contributed by atoms with Gasteiger partial charge in [0.2, 0.25) is 5.96 Å². The van der Waals surface area contributed by atoms with Crippen LogP contribution in [-0.4, -0.2) is 36.8 Å². The van der Waals surface area contributed by atoms with Gasteiger partial charge in [0.05, 0.1) is 10.9 Å². The van der Waals surface area contributed by atoms with Crippen LogP contribution in [0, 0.1) is 6.92 Å². The van der Waals surface area contributed by atoms with Gasteiger partial charge in [-0.2, -0.15) is 8.42 Å². The van der Waals surface area contributed by atoms with E-state index in [9.17, 15) is 8.42 Å². The van der Waals surface area contributed by atoms with Gasteiger partial charge in [-0.1, -0.05) is 109 Å². The van der Waals surface area contributed by atoms with Crippen molar-refractivity contribution in [3.8, 4) is 0 Å². The molecule has 0 aliphatic carbocycles. The van der Waals surface area contributed by atoms with E-state index in [0.29, 0.717) is 25.6 Å². The van der Waals surface area contributed by atoms with E-state index in [2.05, 4.69) is 50.6 Å². The van der Waals surface area contributed by atoms with Gasteiger partial charge in [-0.3, -0.25) is 0 Å². The molecule has 37 heavy (non-hydrogen) atoms. The van der Waals surface area contributed by atoms with Gasteiger partial charge in [0.15, 0.2) is 0 Å². The van der Waals surface area contributed by atoms with Crippen LogP contribution in [0.2, 0.25) is 0 Å². The number of guanidine groups is 1. The van der Waals surface area contributed by atoms with Crippen LogP contribution in [-0.2, 0) is 29.5 Å². The Balaban J connectivity index is 1.57. The van der Waals surface area contributed by atoms with Crippen molar-refractivity contribution in [3.05, 3.63) is 138 Å². The molecule has 0 radical (unpaired) electrons. The zero-order chi connectivity index (χ0) is 25.7. The largest absolute Gasteiger partial charge is 0.335 e. The van der Waals surface area contributed by atoms with E-state index >= 15 is 0 Å². The highest BCUT2D eigenvalue weighted by Gasteiger charge is 2.37. The van der Waals surface area contributed by atoms with E-state index in [1.807, 2.05) is 73.7 Å². The number of hydrogen-bond donors (Lipinski definition) is 0. The molecule has 188 valence electrons. The van der Waals surface area contributed by atoms with Crippen molar-refractivity contribution in [1.82, 2.24) is 9.80 Å². The fourth-order valence-corrected chi connectivity index (χ4v) is 5.76. The van der Waals surface area contributed by atoms with Gasteiger partial charge in [0.25, 0.3) is 10.0 Å². The Kier molecular flexibility index (Phi) is 7.37. The molecule has 0 spiro atoms. The Morgan fingerprint density at radius 2 is 1.22 bits per heavy atom. The van der Waals surface area contributed by atoms with E-state index in [1.54, 1.807) is 12.1 Å². The Bertz CT molecular complexity index is 1440. The molecule has 0 amide bonds. The van der Waals surface area contributed by atoms with Crippen molar-refractivity contribution >= 4 is 16.0 Å².